The first-order chi connectivity index (χ1) is 11.5. The van der Waals surface area contributed by atoms with Crippen LogP contribution in [0.25, 0.3) is 0 Å². The minimum Gasteiger partial charge on any atom is -0.454 e. The number of anilines is 1. The van der Waals surface area contributed by atoms with Gasteiger partial charge in [0.05, 0.1) is 6.54 Å². The van der Waals surface area contributed by atoms with Crippen LogP contribution in [0.15, 0.2) is 18.2 Å². The van der Waals surface area contributed by atoms with Crippen LogP contribution in [0.5, 0.6) is 11.5 Å². The topological polar surface area (TPSA) is 79.9 Å². The molecule has 1 fully saturated rings. The minimum absolute atomic E-state index is 0.177. The lowest BCUT2D eigenvalue weighted by atomic mass is 9.92. The molecule has 3 rings (SSSR count). The molecule has 24 heavy (non-hydrogen) atoms. The summed E-state index contributed by atoms with van der Waals surface area (Å²) in [4.78, 5) is 26.1. The van der Waals surface area contributed by atoms with Gasteiger partial charge in [-0.1, -0.05) is 13.8 Å². The second-order valence-electron chi connectivity index (χ2n) is 6.71. The van der Waals surface area contributed by atoms with E-state index in [2.05, 4.69) is 29.4 Å². The van der Waals surface area contributed by atoms with E-state index in [1.165, 1.54) is 6.42 Å². The van der Waals surface area contributed by atoms with Crippen molar-refractivity contribution in [1.29, 1.82) is 0 Å². The Balaban J connectivity index is 1.48. The maximum atomic E-state index is 12.1. The van der Waals surface area contributed by atoms with E-state index >= 15 is 0 Å². The molecule has 2 heterocycles. The summed E-state index contributed by atoms with van der Waals surface area (Å²) in [6.45, 7) is 6.57. The number of nitrogens with zero attached hydrogens (tertiary/aromatic N) is 1. The SMILES string of the molecule is CC1CC(C)CN(CC(=O)NC(=O)Nc2ccc3c(c2)OCO3)C1. The summed E-state index contributed by atoms with van der Waals surface area (Å²) in [5.74, 6) is 2.07. The Kier molecular flexibility index (Phi) is 4.89. The summed E-state index contributed by atoms with van der Waals surface area (Å²) in [7, 11) is 0. The molecule has 0 bridgehead atoms. The molecule has 2 aliphatic rings. The Labute approximate surface area is 141 Å². The van der Waals surface area contributed by atoms with Gasteiger partial charge in [-0.05, 0) is 30.4 Å². The van der Waals surface area contributed by atoms with Gasteiger partial charge in [0.1, 0.15) is 0 Å². The Hall–Kier alpha value is -2.28. The van der Waals surface area contributed by atoms with E-state index in [-0.39, 0.29) is 19.2 Å². The summed E-state index contributed by atoms with van der Waals surface area (Å²) in [5.41, 5.74) is 0.546. The van der Waals surface area contributed by atoms with E-state index in [1.54, 1.807) is 18.2 Å². The molecule has 0 aromatic heterocycles. The first-order valence-corrected chi connectivity index (χ1v) is 8.22. The molecule has 7 nitrogen and oxygen atoms in total. The van der Waals surface area contributed by atoms with Crippen molar-refractivity contribution in [3.63, 3.8) is 0 Å². The van der Waals surface area contributed by atoms with Gasteiger partial charge in [-0.15, -0.1) is 0 Å². The third-order valence-electron chi connectivity index (χ3n) is 4.20. The number of nitrogens with one attached hydrogen (secondary N) is 2. The third kappa shape index (κ3) is 4.17. The minimum atomic E-state index is -0.544. The zero-order chi connectivity index (χ0) is 17.1. The molecule has 130 valence electrons. The predicted molar refractivity (Wildman–Crippen MR) is 89.1 cm³/mol. The highest BCUT2D eigenvalue weighted by atomic mass is 16.7. The first-order valence-electron chi connectivity index (χ1n) is 8.22. The summed E-state index contributed by atoms with van der Waals surface area (Å²) in [6.07, 6.45) is 1.18. The standard InChI is InChI=1S/C17H23N3O4/c1-11-5-12(2)8-20(7-11)9-16(21)19-17(22)18-13-3-4-14-15(6-13)24-10-23-14/h3-4,6,11-12H,5,7-10H2,1-2H3,(H2,18,19,21,22). The Morgan fingerprint density at radius 2 is 1.88 bits per heavy atom. The maximum absolute atomic E-state index is 12.1. The number of benzene rings is 1. The smallest absolute Gasteiger partial charge is 0.325 e. The van der Waals surface area contributed by atoms with Gasteiger partial charge in [0.25, 0.3) is 0 Å². The number of ether oxygens (including phenoxy) is 2. The van der Waals surface area contributed by atoms with Crippen LogP contribution < -0.4 is 20.1 Å². The highest BCUT2D eigenvalue weighted by molar-refractivity contribution is 6.01. The first kappa shape index (κ1) is 16.6. The zero-order valence-corrected chi connectivity index (χ0v) is 14.0. The lowest BCUT2D eigenvalue weighted by Crippen LogP contribution is -2.46. The number of fused-ring (bicyclic) bond motifs is 1. The zero-order valence-electron chi connectivity index (χ0n) is 14.0. The van der Waals surface area contributed by atoms with Crippen molar-refractivity contribution >= 4 is 17.6 Å². The van der Waals surface area contributed by atoms with Gasteiger partial charge in [-0.25, -0.2) is 4.79 Å². The number of rotatable bonds is 3. The van der Waals surface area contributed by atoms with Gasteiger partial charge in [-0.3, -0.25) is 15.0 Å². The normalized spacial score (nSPS) is 22.9. The molecule has 2 atom stereocenters. The van der Waals surface area contributed by atoms with Gasteiger partial charge in [0.15, 0.2) is 11.5 Å². The number of likely N-dealkylation sites (tertiary alicyclic amines) is 1. The van der Waals surface area contributed by atoms with Gasteiger partial charge in [0.2, 0.25) is 12.7 Å². The molecule has 2 unspecified atom stereocenters. The lowest BCUT2D eigenvalue weighted by Gasteiger charge is -2.34. The van der Waals surface area contributed by atoms with Crippen LogP contribution in [-0.4, -0.2) is 43.3 Å². The molecular formula is C17H23N3O4. The second kappa shape index (κ2) is 7.09. The predicted octanol–water partition coefficient (Wildman–Crippen LogP) is 2.04. The van der Waals surface area contributed by atoms with E-state index < -0.39 is 6.03 Å². The van der Waals surface area contributed by atoms with Crippen molar-refractivity contribution < 1.29 is 19.1 Å². The molecule has 3 amide bonds. The highest BCUT2D eigenvalue weighted by Gasteiger charge is 2.24. The van der Waals surface area contributed by atoms with Crippen molar-refractivity contribution in [2.24, 2.45) is 11.8 Å². The Morgan fingerprint density at radius 3 is 2.62 bits per heavy atom. The van der Waals surface area contributed by atoms with Crippen molar-refractivity contribution in [1.82, 2.24) is 10.2 Å². The average Bonchev–Trinajstić information content (AvgIpc) is 2.93. The summed E-state index contributed by atoms with van der Waals surface area (Å²) < 4.78 is 10.5. The molecule has 0 spiro atoms. The number of imide groups is 1. The lowest BCUT2D eigenvalue weighted by molar-refractivity contribution is -0.121. The van der Waals surface area contributed by atoms with Gasteiger partial charge in [0, 0.05) is 24.8 Å². The second-order valence-corrected chi connectivity index (χ2v) is 6.71. The molecule has 1 aromatic rings. The molecule has 1 saturated heterocycles. The number of carbonyl (C=O) groups is 2. The van der Waals surface area contributed by atoms with Crippen LogP contribution in [0.1, 0.15) is 20.3 Å². The number of hydrogen-bond acceptors (Lipinski definition) is 5. The molecular weight excluding hydrogens is 310 g/mol. The quantitative estimate of drug-likeness (QED) is 0.885. The monoisotopic (exact) mass is 333 g/mol. The number of hydrogen-bond donors (Lipinski definition) is 2. The average molecular weight is 333 g/mol. The van der Waals surface area contributed by atoms with Crippen molar-refractivity contribution in [2.45, 2.75) is 20.3 Å². The fourth-order valence-electron chi connectivity index (χ4n) is 3.43. The molecule has 7 heteroatoms. The van der Waals surface area contributed by atoms with Crippen LogP contribution >= 0.6 is 0 Å². The van der Waals surface area contributed by atoms with Crippen molar-refractivity contribution in [3.05, 3.63) is 18.2 Å². The summed E-state index contributed by atoms with van der Waals surface area (Å²) in [5, 5.41) is 5.00. The Morgan fingerprint density at radius 1 is 1.17 bits per heavy atom. The molecule has 0 saturated carbocycles. The Bertz CT molecular complexity index is 624. The van der Waals surface area contributed by atoms with Crippen LogP contribution in [0.4, 0.5) is 10.5 Å². The summed E-state index contributed by atoms with van der Waals surface area (Å²) in [6, 6.07) is 4.54. The molecule has 2 N–H and O–H groups in total. The van der Waals surface area contributed by atoms with E-state index in [4.69, 9.17) is 9.47 Å². The fourth-order valence-corrected chi connectivity index (χ4v) is 3.43. The van der Waals surface area contributed by atoms with E-state index in [0.717, 1.165) is 13.1 Å². The number of amides is 3. The van der Waals surface area contributed by atoms with Crippen molar-refractivity contribution in [3.8, 4) is 11.5 Å². The molecule has 0 radical (unpaired) electrons. The van der Waals surface area contributed by atoms with E-state index in [1.807, 2.05) is 0 Å². The maximum Gasteiger partial charge on any atom is 0.325 e. The summed E-state index contributed by atoms with van der Waals surface area (Å²) >= 11 is 0. The van der Waals surface area contributed by atoms with E-state index in [0.29, 0.717) is 29.0 Å². The molecule has 0 aliphatic carbocycles. The van der Waals surface area contributed by atoms with Crippen LogP contribution in [0.2, 0.25) is 0 Å². The molecule has 2 aliphatic heterocycles. The van der Waals surface area contributed by atoms with Gasteiger partial charge in [-0.2, -0.15) is 0 Å². The number of piperidine rings is 1. The number of urea groups is 1. The van der Waals surface area contributed by atoms with E-state index in [9.17, 15) is 9.59 Å². The van der Waals surface area contributed by atoms with Crippen LogP contribution in [0.3, 0.4) is 0 Å². The fraction of sp³-hybridized carbons (Fsp3) is 0.529. The van der Waals surface area contributed by atoms with Gasteiger partial charge < -0.3 is 14.8 Å². The highest BCUT2D eigenvalue weighted by Crippen LogP contribution is 2.34. The number of carbonyl (C=O) groups excluding carboxylic acids is 2. The van der Waals surface area contributed by atoms with Crippen molar-refractivity contribution in [2.75, 3.05) is 31.7 Å². The van der Waals surface area contributed by atoms with Crippen LogP contribution in [0, 0.1) is 11.8 Å². The molecule has 1 aromatic carbocycles. The van der Waals surface area contributed by atoms with Gasteiger partial charge >= 0.3 is 6.03 Å². The van der Waals surface area contributed by atoms with Crippen LogP contribution in [-0.2, 0) is 4.79 Å². The third-order valence-corrected chi connectivity index (χ3v) is 4.20. The largest absolute Gasteiger partial charge is 0.454 e.